The van der Waals surface area contributed by atoms with E-state index >= 15 is 0 Å². The number of ether oxygens (including phenoxy) is 1. The molecule has 0 saturated heterocycles. The average molecular weight is 239 g/mol. The van der Waals surface area contributed by atoms with Crippen molar-refractivity contribution in [3.63, 3.8) is 0 Å². The fraction of sp³-hybridized carbons (Fsp3) is 0.692. The molecule has 0 N–H and O–H groups in total. The van der Waals surface area contributed by atoms with E-state index in [1.165, 1.54) is 6.08 Å². The Balaban J connectivity index is 2.51. The van der Waals surface area contributed by atoms with Crippen LogP contribution in [0.3, 0.4) is 0 Å². The highest BCUT2D eigenvalue weighted by Gasteiger charge is 2.56. The van der Waals surface area contributed by atoms with Gasteiger partial charge in [0, 0.05) is 18.0 Å². The second-order valence-electron chi connectivity index (χ2n) is 5.16. The van der Waals surface area contributed by atoms with Crippen LogP contribution in [-0.2, 0) is 14.3 Å². The Morgan fingerprint density at radius 1 is 1.47 bits per heavy atom. The van der Waals surface area contributed by atoms with Crippen LogP contribution in [0.1, 0.15) is 34.1 Å². The quantitative estimate of drug-likeness (QED) is 0.528. The van der Waals surface area contributed by atoms with Crippen molar-refractivity contribution >= 4 is 11.9 Å². The molecular weight excluding hydrogens is 220 g/mol. The normalized spacial score (nSPS) is 27.8. The van der Waals surface area contributed by atoms with Crippen LogP contribution in [0.2, 0.25) is 0 Å². The molecule has 0 aromatic heterocycles. The van der Waals surface area contributed by atoms with E-state index in [0.29, 0.717) is 0 Å². The number of rotatable bonds is 5. The molecule has 0 aliphatic heterocycles. The van der Waals surface area contributed by atoms with Crippen LogP contribution >= 0.6 is 0 Å². The number of allylic oxidation sites excluding steroid dienone is 1. The lowest BCUT2D eigenvalue weighted by Gasteiger charge is -2.07. The molecule has 1 rings (SSSR count). The molecular formula is C13H19O4-. The first-order valence-corrected chi connectivity index (χ1v) is 5.90. The highest BCUT2D eigenvalue weighted by atomic mass is 16.5. The topological polar surface area (TPSA) is 66.4 Å². The zero-order valence-corrected chi connectivity index (χ0v) is 10.7. The maximum absolute atomic E-state index is 11.4. The van der Waals surface area contributed by atoms with Gasteiger partial charge >= 0.3 is 5.97 Å². The molecule has 96 valence electrons. The van der Waals surface area contributed by atoms with Gasteiger partial charge in [-0.05, 0) is 24.7 Å². The lowest BCUT2D eigenvalue weighted by molar-refractivity contribution is -0.309. The van der Waals surface area contributed by atoms with Crippen LogP contribution in [0.4, 0.5) is 0 Å². The third-order valence-electron chi connectivity index (χ3n) is 3.50. The molecule has 17 heavy (non-hydrogen) atoms. The first kappa shape index (κ1) is 13.7. The van der Waals surface area contributed by atoms with E-state index in [0.717, 1.165) is 6.42 Å². The van der Waals surface area contributed by atoms with Crippen molar-refractivity contribution in [2.75, 3.05) is 0 Å². The van der Waals surface area contributed by atoms with Crippen molar-refractivity contribution in [3.05, 3.63) is 12.2 Å². The van der Waals surface area contributed by atoms with Crippen molar-refractivity contribution in [2.45, 2.75) is 40.2 Å². The Bertz CT molecular complexity index is 343. The van der Waals surface area contributed by atoms with E-state index in [-0.39, 0.29) is 17.4 Å². The fourth-order valence-electron chi connectivity index (χ4n) is 1.99. The Morgan fingerprint density at radius 2 is 2.06 bits per heavy atom. The lowest BCUT2D eigenvalue weighted by atomic mass is 10.1. The molecule has 4 nitrogen and oxygen atoms in total. The van der Waals surface area contributed by atoms with Gasteiger partial charge in [-0.2, -0.15) is 0 Å². The van der Waals surface area contributed by atoms with E-state index in [4.69, 9.17) is 4.74 Å². The van der Waals surface area contributed by atoms with Crippen molar-refractivity contribution in [1.29, 1.82) is 0 Å². The first-order valence-electron chi connectivity index (χ1n) is 5.90. The largest absolute Gasteiger partial charge is 0.550 e. The van der Waals surface area contributed by atoms with Crippen LogP contribution < -0.4 is 5.11 Å². The third kappa shape index (κ3) is 3.08. The Labute approximate surface area is 102 Å². The molecule has 0 heterocycles. The summed E-state index contributed by atoms with van der Waals surface area (Å²) < 4.78 is 5.05. The van der Waals surface area contributed by atoms with Gasteiger partial charge in [0.2, 0.25) is 0 Å². The summed E-state index contributed by atoms with van der Waals surface area (Å²) >= 11 is 0. The third-order valence-corrected chi connectivity index (χ3v) is 3.50. The maximum atomic E-state index is 11.4. The summed E-state index contributed by atoms with van der Waals surface area (Å²) in [5, 5.41) is 10.8. The van der Waals surface area contributed by atoms with E-state index in [9.17, 15) is 14.7 Å². The Kier molecular flexibility index (Phi) is 3.96. The summed E-state index contributed by atoms with van der Waals surface area (Å²) in [6.07, 6.45) is 3.58. The molecule has 0 spiro atoms. The van der Waals surface area contributed by atoms with E-state index in [2.05, 4.69) is 0 Å². The Hall–Kier alpha value is -1.32. The standard InChI is InChI=1S/C13H20O4/c1-5-8(2)17-10(14)7-6-9-11(12(15)16)13(9,3)4/h6-9,11H,5H2,1-4H3,(H,15,16)/p-1/b7-6+. The number of hydrogen-bond acceptors (Lipinski definition) is 4. The highest BCUT2D eigenvalue weighted by Crippen LogP contribution is 2.58. The van der Waals surface area contributed by atoms with Gasteiger partial charge < -0.3 is 14.6 Å². The average Bonchev–Trinajstić information content (AvgIpc) is 2.77. The van der Waals surface area contributed by atoms with Gasteiger partial charge in [-0.25, -0.2) is 4.79 Å². The van der Waals surface area contributed by atoms with Gasteiger partial charge in [0.1, 0.15) is 0 Å². The number of aliphatic carboxylic acids is 1. The van der Waals surface area contributed by atoms with E-state index in [1.54, 1.807) is 6.08 Å². The van der Waals surface area contributed by atoms with Crippen molar-refractivity contribution in [3.8, 4) is 0 Å². The number of carbonyl (C=O) groups excluding carboxylic acids is 2. The zero-order chi connectivity index (χ0) is 13.2. The summed E-state index contributed by atoms with van der Waals surface area (Å²) in [6, 6.07) is 0. The second kappa shape index (κ2) is 4.90. The summed E-state index contributed by atoms with van der Waals surface area (Å²) in [6.45, 7) is 7.44. The minimum absolute atomic E-state index is 0.115. The Morgan fingerprint density at radius 3 is 2.47 bits per heavy atom. The molecule has 0 aromatic rings. The van der Waals surface area contributed by atoms with E-state index < -0.39 is 17.9 Å². The minimum atomic E-state index is -1.06. The maximum Gasteiger partial charge on any atom is 0.330 e. The number of hydrogen-bond donors (Lipinski definition) is 0. The van der Waals surface area contributed by atoms with Gasteiger partial charge in [-0.3, -0.25) is 0 Å². The lowest BCUT2D eigenvalue weighted by Crippen LogP contribution is -2.26. The molecule has 0 radical (unpaired) electrons. The summed E-state index contributed by atoms with van der Waals surface area (Å²) in [5.74, 6) is -2.12. The summed E-state index contributed by atoms with van der Waals surface area (Å²) in [5.41, 5.74) is -0.327. The summed E-state index contributed by atoms with van der Waals surface area (Å²) in [4.78, 5) is 22.2. The second-order valence-corrected chi connectivity index (χ2v) is 5.16. The van der Waals surface area contributed by atoms with Crippen molar-refractivity contribution in [1.82, 2.24) is 0 Å². The monoisotopic (exact) mass is 239 g/mol. The van der Waals surface area contributed by atoms with Crippen LogP contribution in [-0.4, -0.2) is 18.0 Å². The van der Waals surface area contributed by atoms with E-state index in [1.807, 2.05) is 27.7 Å². The van der Waals surface area contributed by atoms with Crippen LogP contribution in [0.25, 0.3) is 0 Å². The van der Waals surface area contributed by atoms with Gasteiger partial charge in [-0.1, -0.05) is 26.8 Å². The number of carboxylic acids is 1. The van der Waals surface area contributed by atoms with Gasteiger partial charge in [0.15, 0.2) is 0 Å². The highest BCUT2D eigenvalue weighted by molar-refractivity contribution is 5.83. The van der Waals surface area contributed by atoms with Crippen LogP contribution in [0, 0.1) is 17.3 Å². The van der Waals surface area contributed by atoms with Crippen LogP contribution in [0.15, 0.2) is 12.2 Å². The predicted octanol–water partition coefficient (Wildman–Crippen LogP) is 0.906. The van der Waals surface area contributed by atoms with Gasteiger partial charge in [-0.15, -0.1) is 0 Å². The van der Waals surface area contributed by atoms with Crippen LogP contribution in [0.5, 0.6) is 0 Å². The zero-order valence-electron chi connectivity index (χ0n) is 10.7. The summed E-state index contributed by atoms with van der Waals surface area (Å²) in [7, 11) is 0. The molecule has 1 fully saturated rings. The molecule has 0 aromatic carbocycles. The van der Waals surface area contributed by atoms with Crippen molar-refractivity contribution in [2.24, 2.45) is 17.3 Å². The number of esters is 1. The molecule has 0 bridgehead atoms. The predicted molar refractivity (Wildman–Crippen MR) is 60.8 cm³/mol. The molecule has 3 unspecified atom stereocenters. The first-order chi connectivity index (χ1) is 7.80. The molecule has 0 amide bonds. The van der Waals surface area contributed by atoms with Gasteiger partial charge in [0.05, 0.1) is 6.10 Å². The number of carbonyl (C=O) groups is 2. The smallest absolute Gasteiger partial charge is 0.330 e. The fourth-order valence-corrected chi connectivity index (χ4v) is 1.99. The number of carboxylic acid groups (broad SMARTS) is 1. The SMILES string of the molecule is CCC(C)OC(=O)/C=C/C1C(C(=O)[O-])C1(C)C. The molecule has 1 saturated carbocycles. The molecule has 4 heteroatoms. The molecule has 1 aliphatic carbocycles. The molecule has 3 atom stereocenters. The minimum Gasteiger partial charge on any atom is -0.550 e. The van der Waals surface area contributed by atoms with Gasteiger partial charge in [0.25, 0.3) is 0 Å². The molecule has 1 aliphatic rings. The van der Waals surface area contributed by atoms with Crippen molar-refractivity contribution < 1.29 is 19.4 Å².